The minimum atomic E-state index is 0.336. The number of ether oxygens (including phenoxy) is 1. The lowest BCUT2D eigenvalue weighted by Gasteiger charge is -2.16. The Morgan fingerprint density at radius 1 is 1.37 bits per heavy atom. The second-order valence-electron chi connectivity index (χ2n) is 4.81. The molecule has 0 spiro atoms. The van der Waals surface area contributed by atoms with E-state index in [1.54, 1.807) is 11.3 Å². The summed E-state index contributed by atoms with van der Waals surface area (Å²) in [6, 6.07) is 0.369. The maximum Gasteiger partial charge on any atom is 0.234 e. The number of hydrogen-bond acceptors (Lipinski definition) is 6. The number of aromatic nitrogens is 4. The van der Waals surface area contributed by atoms with Gasteiger partial charge < -0.3 is 10.1 Å². The van der Waals surface area contributed by atoms with Gasteiger partial charge in [0.1, 0.15) is 5.01 Å². The number of nitrogens with zero attached hydrogens (tertiary/aromatic N) is 4. The van der Waals surface area contributed by atoms with E-state index in [0.29, 0.717) is 12.0 Å². The van der Waals surface area contributed by atoms with E-state index in [4.69, 9.17) is 4.74 Å². The van der Waals surface area contributed by atoms with Gasteiger partial charge in [-0.2, -0.15) is 9.61 Å². The molecule has 0 bridgehead atoms. The van der Waals surface area contributed by atoms with Crippen LogP contribution < -0.4 is 5.32 Å². The molecule has 0 radical (unpaired) electrons. The van der Waals surface area contributed by atoms with Crippen LogP contribution in [0.25, 0.3) is 4.96 Å². The minimum Gasteiger partial charge on any atom is -0.379 e. The van der Waals surface area contributed by atoms with E-state index in [1.807, 2.05) is 4.52 Å². The molecule has 0 amide bonds. The summed E-state index contributed by atoms with van der Waals surface area (Å²) in [5.74, 6) is 1.26. The Morgan fingerprint density at radius 2 is 2.26 bits per heavy atom. The van der Waals surface area contributed by atoms with Crippen LogP contribution in [0.5, 0.6) is 0 Å². The van der Waals surface area contributed by atoms with Gasteiger partial charge in [0.2, 0.25) is 4.96 Å². The van der Waals surface area contributed by atoms with Crippen molar-refractivity contribution in [3.8, 4) is 0 Å². The van der Waals surface area contributed by atoms with Gasteiger partial charge in [-0.15, -0.1) is 10.2 Å². The van der Waals surface area contributed by atoms with Crippen LogP contribution in [0.2, 0.25) is 0 Å². The summed E-state index contributed by atoms with van der Waals surface area (Å²) in [5.41, 5.74) is 0. The normalized spacial score (nSPS) is 23.5. The third kappa shape index (κ3) is 2.37. The van der Waals surface area contributed by atoms with Crippen molar-refractivity contribution in [1.82, 2.24) is 25.1 Å². The van der Waals surface area contributed by atoms with Gasteiger partial charge in [0, 0.05) is 12.5 Å². The molecule has 2 aromatic heterocycles. The lowest BCUT2D eigenvalue weighted by atomic mass is 10.1. The molecule has 19 heavy (non-hydrogen) atoms. The standard InChI is InChI=1S/C12H19N5OS/c1-3-5-13-9-7-18-6-8(9)11-16-17-10(4-2)14-15-12(17)19-11/h8-9,13H,3-7H2,1-2H3. The molecule has 6 nitrogen and oxygen atoms in total. The quantitative estimate of drug-likeness (QED) is 0.893. The zero-order chi connectivity index (χ0) is 13.2. The lowest BCUT2D eigenvalue weighted by molar-refractivity contribution is 0.187. The van der Waals surface area contributed by atoms with Gasteiger partial charge in [-0.1, -0.05) is 25.2 Å². The summed E-state index contributed by atoms with van der Waals surface area (Å²) < 4.78 is 7.48. The predicted molar refractivity (Wildman–Crippen MR) is 73.7 cm³/mol. The first-order chi connectivity index (χ1) is 9.33. The molecule has 2 atom stereocenters. The molecule has 2 aromatic rings. The van der Waals surface area contributed by atoms with Crippen LogP contribution in [0.1, 0.15) is 37.0 Å². The Kier molecular flexibility index (Phi) is 3.76. The molecular formula is C12H19N5OS. The SMILES string of the molecule is CCCNC1COCC1c1nn2c(CC)nnc2s1. The van der Waals surface area contributed by atoms with E-state index in [1.165, 1.54) is 0 Å². The summed E-state index contributed by atoms with van der Waals surface area (Å²) in [7, 11) is 0. The summed E-state index contributed by atoms with van der Waals surface area (Å²) in [4.78, 5) is 0.882. The fraction of sp³-hybridized carbons (Fsp3) is 0.750. The molecule has 1 N–H and O–H groups in total. The van der Waals surface area contributed by atoms with Crippen molar-refractivity contribution in [1.29, 1.82) is 0 Å². The van der Waals surface area contributed by atoms with Crippen molar-refractivity contribution in [3.63, 3.8) is 0 Å². The largest absolute Gasteiger partial charge is 0.379 e. The van der Waals surface area contributed by atoms with E-state index in [2.05, 4.69) is 34.5 Å². The maximum atomic E-state index is 5.61. The van der Waals surface area contributed by atoms with E-state index in [9.17, 15) is 0 Å². The van der Waals surface area contributed by atoms with Gasteiger partial charge in [0.15, 0.2) is 5.82 Å². The van der Waals surface area contributed by atoms with Gasteiger partial charge in [0.25, 0.3) is 0 Å². The van der Waals surface area contributed by atoms with Crippen molar-refractivity contribution in [3.05, 3.63) is 10.8 Å². The second-order valence-corrected chi connectivity index (χ2v) is 5.80. The summed E-state index contributed by atoms with van der Waals surface area (Å²) >= 11 is 1.63. The molecule has 7 heteroatoms. The Bertz CT molecular complexity index is 551. The van der Waals surface area contributed by atoms with Crippen molar-refractivity contribution >= 4 is 16.3 Å². The first-order valence-electron chi connectivity index (χ1n) is 6.85. The third-order valence-electron chi connectivity index (χ3n) is 3.44. The smallest absolute Gasteiger partial charge is 0.234 e. The summed E-state index contributed by atoms with van der Waals surface area (Å²) in [6.45, 7) is 6.78. The Hall–Kier alpha value is -1.05. The average Bonchev–Trinajstić information content (AvgIpc) is 3.10. The number of nitrogens with one attached hydrogen (secondary N) is 1. The second kappa shape index (κ2) is 5.52. The monoisotopic (exact) mass is 281 g/mol. The first kappa shape index (κ1) is 13.0. The van der Waals surface area contributed by atoms with Gasteiger partial charge in [-0.25, -0.2) is 0 Å². The third-order valence-corrected chi connectivity index (χ3v) is 4.47. The highest BCUT2D eigenvalue weighted by Gasteiger charge is 2.32. The molecule has 1 fully saturated rings. The van der Waals surface area contributed by atoms with Crippen LogP contribution in [0.3, 0.4) is 0 Å². The fourth-order valence-corrected chi connectivity index (χ4v) is 3.38. The van der Waals surface area contributed by atoms with Gasteiger partial charge >= 0.3 is 0 Å². The number of rotatable bonds is 5. The van der Waals surface area contributed by atoms with E-state index >= 15 is 0 Å². The van der Waals surface area contributed by atoms with Crippen LogP contribution in [-0.2, 0) is 11.2 Å². The zero-order valence-corrected chi connectivity index (χ0v) is 12.1. The van der Waals surface area contributed by atoms with Crippen molar-refractivity contribution in [2.24, 2.45) is 0 Å². The number of aryl methyl sites for hydroxylation is 1. The average molecular weight is 281 g/mol. The topological polar surface area (TPSA) is 64.3 Å². The molecule has 2 unspecified atom stereocenters. The van der Waals surface area contributed by atoms with Gasteiger partial charge in [-0.3, -0.25) is 0 Å². The molecule has 0 aromatic carbocycles. The molecule has 0 saturated carbocycles. The Balaban J connectivity index is 1.84. The summed E-state index contributed by atoms with van der Waals surface area (Å²) in [5, 5.41) is 17.6. The lowest BCUT2D eigenvalue weighted by Crippen LogP contribution is -2.34. The molecule has 1 aliphatic heterocycles. The highest BCUT2D eigenvalue weighted by molar-refractivity contribution is 7.16. The molecule has 3 heterocycles. The molecule has 1 aliphatic rings. The first-order valence-corrected chi connectivity index (χ1v) is 7.67. The molecule has 1 saturated heterocycles. The van der Waals surface area contributed by atoms with Crippen molar-refractivity contribution in [2.45, 2.75) is 38.6 Å². The fourth-order valence-electron chi connectivity index (χ4n) is 2.37. The van der Waals surface area contributed by atoms with Crippen LogP contribution >= 0.6 is 11.3 Å². The Labute approximate surface area is 116 Å². The zero-order valence-electron chi connectivity index (χ0n) is 11.3. The van der Waals surface area contributed by atoms with E-state index in [0.717, 1.165) is 48.4 Å². The number of fused-ring (bicyclic) bond motifs is 1. The summed E-state index contributed by atoms with van der Waals surface area (Å²) in [6.07, 6.45) is 1.98. The van der Waals surface area contributed by atoms with Crippen LogP contribution in [0, 0.1) is 0 Å². The highest BCUT2D eigenvalue weighted by Crippen LogP contribution is 2.29. The molecule has 0 aliphatic carbocycles. The predicted octanol–water partition coefficient (Wildman–Crippen LogP) is 1.23. The van der Waals surface area contributed by atoms with Crippen LogP contribution in [-0.4, -0.2) is 45.6 Å². The number of hydrogen-bond donors (Lipinski definition) is 1. The molecule has 3 rings (SSSR count). The highest BCUT2D eigenvalue weighted by atomic mass is 32.1. The molecule has 104 valence electrons. The van der Waals surface area contributed by atoms with Crippen molar-refractivity contribution in [2.75, 3.05) is 19.8 Å². The molecular weight excluding hydrogens is 262 g/mol. The minimum absolute atomic E-state index is 0.336. The van der Waals surface area contributed by atoms with Gasteiger partial charge in [-0.05, 0) is 13.0 Å². The van der Waals surface area contributed by atoms with Crippen molar-refractivity contribution < 1.29 is 4.74 Å². The van der Waals surface area contributed by atoms with Crippen LogP contribution in [0.4, 0.5) is 0 Å². The van der Waals surface area contributed by atoms with Crippen LogP contribution in [0.15, 0.2) is 0 Å². The van der Waals surface area contributed by atoms with Gasteiger partial charge in [0.05, 0.1) is 19.1 Å². The maximum absolute atomic E-state index is 5.61. The van der Waals surface area contributed by atoms with E-state index in [-0.39, 0.29) is 0 Å². The Morgan fingerprint density at radius 3 is 3.05 bits per heavy atom. The van der Waals surface area contributed by atoms with E-state index < -0.39 is 0 Å².